The number of ether oxygens (including phenoxy) is 4. The van der Waals surface area contributed by atoms with Crippen molar-refractivity contribution in [2.75, 3.05) is 19.8 Å². The summed E-state index contributed by atoms with van der Waals surface area (Å²) in [6.45, 7) is 5.30. The molecule has 0 spiro atoms. The summed E-state index contributed by atoms with van der Waals surface area (Å²) < 4.78 is 22.4. The van der Waals surface area contributed by atoms with Crippen molar-refractivity contribution < 1.29 is 23.7 Å². The fraction of sp³-hybridized carbons (Fsp3) is 0.364. The predicted molar refractivity (Wildman–Crippen MR) is 119 cm³/mol. The highest BCUT2D eigenvalue weighted by Crippen LogP contribution is 2.30. The minimum atomic E-state index is -0.895. The Morgan fingerprint density at radius 2 is 1.94 bits per heavy atom. The van der Waals surface area contributed by atoms with Crippen molar-refractivity contribution in [3.05, 3.63) is 57.6 Å². The summed E-state index contributed by atoms with van der Waals surface area (Å²) >= 11 is 12.1. The molecular weight excluding hydrogens is 443 g/mol. The quantitative estimate of drug-likeness (QED) is 0.432. The van der Waals surface area contributed by atoms with E-state index in [0.29, 0.717) is 41.4 Å². The molecule has 1 aliphatic rings. The Bertz CT molecular complexity index is 945. The van der Waals surface area contributed by atoms with E-state index in [-0.39, 0.29) is 18.9 Å². The number of hydrogen-bond acceptors (Lipinski definition) is 6. The molecule has 1 amide bonds. The zero-order chi connectivity index (χ0) is 22.3. The predicted octanol–water partition coefficient (Wildman–Crippen LogP) is 4.57. The molecule has 1 fully saturated rings. The summed E-state index contributed by atoms with van der Waals surface area (Å²) in [7, 11) is 0. The SMILES string of the molecule is CCOc1cc(C=NNC(=O)CC2(C)OCCO2)ccc1OCc1ccc(Cl)cc1Cl. The highest BCUT2D eigenvalue weighted by atomic mass is 35.5. The summed E-state index contributed by atoms with van der Waals surface area (Å²) in [5.41, 5.74) is 4.03. The smallest absolute Gasteiger partial charge is 0.245 e. The lowest BCUT2D eigenvalue weighted by Crippen LogP contribution is -2.33. The Labute approximate surface area is 191 Å². The first-order chi connectivity index (χ1) is 14.9. The van der Waals surface area contributed by atoms with Gasteiger partial charge in [0.1, 0.15) is 6.61 Å². The maximum atomic E-state index is 12.0. The van der Waals surface area contributed by atoms with Gasteiger partial charge in [-0.15, -0.1) is 0 Å². The van der Waals surface area contributed by atoms with Crippen LogP contribution in [0.15, 0.2) is 41.5 Å². The van der Waals surface area contributed by atoms with Crippen LogP contribution >= 0.6 is 23.2 Å². The van der Waals surface area contributed by atoms with E-state index in [2.05, 4.69) is 10.5 Å². The number of carbonyl (C=O) groups excluding carboxylic acids is 1. The molecule has 7 nitrogen and oxygen atoms in total. The molecule has 0 aromatic heterocycles. The molecule has 0 aliphatic carbocycles. The van der Waals surface area contributed by atoms with E-state index < -0.39 is 5.79 Å². The van der Waals surface area contributed by atoms with Gasteiger partial charge in [-0.05, 0) is 49.7 Å². The molecule has 166 valence electrons. The molecule has 1 aliphatic heterocycles. The molecule has 2 aromatic rings. The molecule has 1 heterocycles. The number of hydrogen-bond donors (Lipinski definition) is 1. The highest BCUT2D eigenvalue weighted by Gasteiger charge is 2.33. The molecule has 1 saturated heterocycles. The molecule has 1 N–H and O–H groups in total. The molecule has 0 unspecified atom stereocenters. The van der Waals surface area contributed by atoms with Gasteiger partial charge in [-0.3, -0.25) is 4.79 Å². The average molecular weight is 467 g/mol. The molecule has 0 bridgehead atoms. The molecule has 9 heteroatoms. The minimum absolute atomic E-state index is 0.0641. The second-order valence-corrected chi connectivity index (χ2v) is 7.81. The normalized spacial score (nSPS) is 15.2. The van der Waals surface area contributed by atoms with E-state index in [1.54, 1.807) is 31.2 Å². The summed E-state index contributed by atoms with van der Waals surface area (Å²) in [6, 6.07) is 10.6. The van der Waals surface area contributed by atoms with Crippen LogP contribution in [0.1, 0.15) is 31.4 Å². The third-order valence-electron chi connectivity index (χ3n) is 4.45. The lowest BCUT2D eigenvalue weighted by molar-refractivity contribution is -0.159. The van der Waals surface area contributed by atoms with Gasteiger partial charge in [-0.1, -0.05) is 29.3 Å². The second-order valence-electron chi connectivity index (χ2n) is 6.96. The number of nitrogens with zero attached hydrogens (tertiary/aromatic N) is 1. The van der Waals surface area contributed by atoms with Crippen LogP contribution in [0.2, 0.25) is 10.0 Å². The van der Waals surface area contributed by atoms with Gasteiger partial charge < -0.3 is 18.9 Å². The topological polar surface area (TPSA) is 78.4 Å². The van der Waals surface area contributed by atoms with E-state index in [1.165, 1.54) is 6.21 Å². The first-order valence-corrected chi connectivity index (χ1v) is 10.6. The van der Waals surface area contributed by atoms with Crippen LogP contribution in [-0.2, 0) is 20.9 Å². The number of benzene rings is 2. The molecule has 3 rings (SSSR count). The largest absolute Gasteiger partial charge is 0.490 e. The number of rotatable bonds is 9. The van der Waals surface area contributed by atoms with Crippen molar-refractivity contribution in [2.24, 2.45) is 5.10 Å². The van der Waals surface area contributed by atoms with Crippen LogP contribution in [-0.4, -0.2) is 37.7 Å². The Morgan fingerprint density at radius 3 is 2.65 bits per heavy atom. The fourth-order valence-corrected chi connectivity index (χ4v) is 3.42. The van der Waals surface area contributed by atoms with Gasteiger partial charge in [-0.2, -0.15) is 5.10 Å². The molecular formula is C22H24Cl2N2O5. The van der Waals surface area contributed by atoms with E-state index in [0.717, 1.165) is 11.1 Å². The highest BCUT2D eigenvalue weighted by molar-refractivity contribution is 6.35. The lowest BCUT2D eigenvalue weighted by Gasteiger charge is -2.20. The van der Waals surface area contributed by atoms with Crippen LogP contribution in [0, 0.1) is 0 Å². The van der Waals surface area contributed by atoms with Crippen molar-refractivity contribution in [3.63, 3.8) is 0 Å². The van der Waals surface area contributed by atoms with E-state index >= 15 is 0 Å². The van der Waals surface area contributed by atoms with Gasteiger partial charge in [0.15, 0.2) is 17.3 Å². The third-order valence-corrected chi connectivity index (χ3v) is 5.04. The van der Waals surface area contributed by atoms with Gasteiger partial charge in [0.05, 0.1) is 32.5 Å². The van der Waals surface area contributed by atoms with Crippen LogP contribution in [0.4, 0.5) is 0 Å². The van der Waals surface area contributed by atoms with E-state index in [4.69, 9.17) is 42.1 Å². The van der Waals surface area contributed by atoms with Crippen molar-refractivity contribution in [1.82, 2.24) is 5.43 Å². The number of nitrogens with one attached hydrogen (secondary N) is 1. The van der Waals surface area contributed by atoms with Crippen LogP contribution in [0.3, 0.4) is 0 Å². The van der Waals surface area contributed by atoms with Gasteiger partial charge in [0, 0.05) is 15.6 Å². The Hall–Kier alpha value is -2.32. The van der Waals surface area contributed by atoms with Gasteiger partial charge in [0.2, 0.25) is 5.91 Å². The molecule has 0 radical (unpaired) electrons. The van der Waals surface area contributed by atoms with Gasteiger partial charge >= 0.3 is 0 Å². The zero-order valence-corrected chi connectivity index (χ0v) is 18.8. The maximum Gasteiger partial charge on any atom is 0.245 e. The fourth-order valence-electron chi connectivity index (χ4n) is 2.96. The van der Waals surface area contributed by atoms with Crippen molar-refractivity contribution in [3.8, 4) is 11.5 Å². The van der Waals surface area contributed by atoms with Crippen LogP contribution in [0.25, 0.3) is 0 Å². The van der Waals surface area contributed by atoms with Crippen LogP contribution in [0.5, 0.6) is 11.5 Å². The van der Waals surface area contributed by atoms with Gasteiger partial charge in [0.25, 0.3) is 0 Å². The molecule has 31 heavy (non-hydrogen) atoms. The minimum Gasteiger partial charge on any atom is -0.490 e. The molecule has 0 atom stereocenters. The monoisotopic (exact) mass is 466 g/mol. The Balaban J connectivity index is 1.61. The second kappa shape index (κ2) is 10.8. The maximum absolute atomic E-state index is 12.0. The third kappa shape index (κ3) is 6.83. The summed E-state index contributed by atoms with van der Waals surface area (Å²) in [5.74, 6) is -0.0700. The summed E-state index contributed by atoms with van der Waals surface area (Å²) in [4.78, 5) is 12.0. The number of carbonyl (C=O) groups is 1. The standard InChI is InChI=1S/C22H24Cl2N2O5/c1-3-28-20-10-15(13-25-26-21(27)12-22(2)30-8-9-31-22)4-7-19(20)29-14-16-5-6-17(23)11-18(16)24/h4-7,10-11,13H,3,8-9,12,14H2,1-2H3,(H,26,27). The Morgan fingerprint density at radius 1 is 1.16 bits per heavy atom. The van der Waals surface area contributed by atoms with Crippen molar-refractivity contribution in [2.45, 2.75) is 32.7 Å². The average Bonchev–Trinajstić information content (AvgIpc) is 3.14. The van der Waals surface area contributed by atoms with Crippen LogP contribution < -0.4 is 14.9 Å². The van der Waals surface area contributed by atoms with E-state index in [9.17, 15) is 4.79 Å². The Kier molecular flexibility index (Phi) is 8.15. The zero-order valence-electron chi connectivity index (χ0n) is 17.3. The first kappa shape index (κ1) is 23.3. The number of halogens is 2. The summed E-state index contributed by atoms with van der Waals surface area (Å²) in [6.07, 6.45) is 1.59. The van der Waals surface area contributed by atoms with E-state index in [1.807, 2.05) is 19.1 Å². The number of hydrazone groups is 1. The first-order valence-electron chi connectivity index (χ1n) is 9.82. The van der Waals surface area contributed by atoms with Crippen molar-refractivity contribution in [1.29, 1.82) is 0 Å². The summed E-state index contributed by atoms with van der Waals surface area (Å²) in [5, 5.41) is 5.10. The number of amides is 1. The van der Waals surface area contributed by atoms with Crippen molar-refractivity contribution >= 4 is 35.3 Å². The van der Waals surface area contributed by atoms with Gasteiger partial charge in [-0.25, -0.2) is 5.43 Å². The lowest BCUT2D eigenvalue weighted by atomic mass is 10.2. The molecule has 2 aromatic carbocycles. The molecule has 0 saturated carbocycles.